The fourth-order valence-corrected chi connectivity index (χ4v) is 5.63. The molecule has 0 unspecified atom stereocenters. The van der Waals surface area contributed by atoms with Gasteiger partial charge in [0.1, 0.15) is 5.60 Å². The molecule has 1 aromatic carbocycles. The molecule has 30 heavy (non-hydrogen) atoms. The molecule has 2 aliphatic heterocycles. The van der Waals surface area contributed by atoms with Crippen molar-refractivity contribution in [1.29, 1.82) is 0 Å². The number of ether oxygens (including phenoxy) is 1. The van der Waals surface area contributed by atoms with Gasteiger partial charge in [0, 0.05) is 13.1 Å². The third kappa shape index (κ3) is 6.45. The van der Waals surface area contributed by atoms with Crippen LogP contribution in [0, 0.1) is 5.92 Å². The largest absolute Gasteiger partial charge is 0.444 e. The van der Waals surface area contributed by atoms with E-state index in [0.29, 0.717) is 30.3 Å². The van der Waals surface area contributed by atoms with Crippen LogP contribution in [-0.4, -0.2) is 56.9 Å². The van der Waals surface area contributed by atoms with E-state index in [2.05, 4.69) is 5.32 Å². The molecule has 0 aromatic heterocycles. The van der Waals surface area contributed by atoms with Gasteiger partial charge >= 0.3 is 6.09 Å². The van der Waals surface area contributed by atoms with Crippen LogP contribution >= 0.6 is 0 Å². The molecule has 2 heterocycles. The summed E-state index contributed by atoms with van der Waals surface area (Å²) in [5.74, 6) is 0.660. The Morgan fingerprint density at radius 3 is 2.47 bits per heavy atom. The summed E-state index contributed by atoms with van der Waals surface area (Å²) < 4.78 is 31.1. The highest BCUT2D eigenvalue weighted by molar-refractivity contribution is 7.91. The van der Waals surface area contributed by atoms with Crippen LogP contribution in [0.15, 0.2) is 23.1 Å². The molecule has 1 amide bonds. The molecule has 7 heteroatoms. The summed E-state index contributed by atoms with van der Waals surface area (Å²) in [4.78, 5) is 14.4. The topological polar surface area (TPSA) is 75.7 Å². The maximum atomic E-state index is 12.8. The first-order valence-electron chi connectivity index (χ1n) is 11.2. The highest BCUT2D eigenvalue weighted by atomic mass is 32.2. The van der Waals surface area contributed by atoms with Crippen molar-refractivity contribution < 1.29 is 17.9 Å². The minimum atomic E-state index is -3.26. The van der Waals surface area contributed by atoms with Gasteiger partial charge in [0.15, 0.2) is 9.84 Å². The Morgan fingerprint density at radius 2 is 1.80 bits per heavy atom. The number of fused-ring (bicyclic) bond motifs is 1. The van der Waals surface area contributed by atoms with Crippen LogP contribution in [0.2, 0.25) is 0 Å². The van der Waals surface area contributed by atoms with Gasteiger partial charge < -0.3 is 15.0 Å². The molecular formula is C23H36N2O4S. The molecule has 2 aliphatic rings. The van der Waals surface area contributed by atoms with Gasteiger partial charge in [-0.05, 0) is 102 Å². The Hall–Kier alpha value is -1.60. The fraction of sp³-hybridized carbons (Fsp3) is 0.696. The number of hydrogen-bond donors (Lipinski definition) is 1. The molecule has 0 radical (unpaired) electrons. The predicted octanol–water partition coefficient (Wildman–Crippen LogP) is 3.58. The Labute approximate surface area is 181 Å². The third-order valence-electron chi connectivity index (χ3n) is 5.97. The van der Waals surface area contributed by atoms with E-state index >= 15 is 0 Å². The first-order valence-corrected chi connectivity index (χ1v) is 12.8. The summed E-state index contributed by atoms with van der Waals surface area (Å²) in [6.07, 6.45) is 4.96. The average molecular weight is 437 g/mol. The number of carbonyl (C=O) groups is 1. The number of likely N-dealkylation sites (tertiary alicyclic amines) is 1. The molecule has 0 saturated carbocycles. The van der Waals surface area contributed by atoms with E-state index in [9.17, 15) is 13.2 Å². The maximum Gasteiger partial charge on any atom is 0.410 e. The number of carbonyl (C=O) groups excluding carboxylic acids is 1. The first kappa shape index (κ1) is 23.1. The fourth-order valence-electron chi connectivity index (χ4n) is 4.25. The second-order valence-corrected chi connectivity index (χ2v) is 11.7. The Kier molecular flexibility index (Phi) is 7.45. The number of nitrogens with zero attached hydrogens (tertiary/aromatic N) is 1. The van der Waals surface area contributed by atoms with Crippen molar-refractivity contribution in [2.75, 3.05) is 31.9 Å². The Balaban J connectivity index is 1.46. The van der Waals surface area contributed by atoms with Gasteiger partial charge in [-0.1, -0.05) is 6.07 Å². The van der Waals surface area contributed by atoms with E-state index < -0.39 is 15.4 Å². The second kappa shape index (κ2) is 9.69. The van der Waals surface area contributed by atoms with E-state index in [1.165, 1.54) is 5.56 Å². The summed E-state index contributed by atoms with van der Waals surface area (Å²) in [5.41, 5.74) is 1.94. The number of sulfone groups is 1. The lowest BCUT2D eigenvalue weighted by Crippen LogP contribution is -2.41. The van der Waals surface area contributed by atoms with Gasteiger partial charge in [0.05, 0.1) is 10.6 Å². The van der Waals surface area contributed by atoms with E-state index in [-0.39, 0.29) is 11.8 Å². The van der Waals surface area contributed by atoms with Crippen molar-refractivity contribution in [1.82, 2.24) is 10.2 Å². The minimum absolute atomic E-state index is 0.191. The molecule has 1 saturated heterocycles. The number of amides is 1. The van der Waals surface area contributed by atoms with Gasteiger partial charge in [-0.15, -0.1) is 0 Å². The second-order valence-electron chi connectivity index (χ2n) is 9.55. The van der Waals surface area contributed by atoms with Gasteiger partial charge in [0.2, 0.25) is 0 Å². The summed E-state index contributed by atoms with van der Waals surface area (Å²) in [6.45, 7) is 8.85. The highest BCUT2D eigenvalue weighted by Crippen LogP contribution is 2.25. The number of benzene rings is 1. The Morgan fingerprint density at radius 1 is 1.13 bits per heavy atom. The van der Waals surface area contributed by atoms with Crippen LogP contribution in [0.25, 0.3) is 0 Å². The van der Waals surface area contributed by atoms with Crippen LogP contribution in [0.5, 0.6) is 0 Å². The number of piperidine rings is 1. The van der Waals surface area contributed by atoms with E-state index in [1.807, 2.05) is 32.9 Å². The number of hydrogen-bond acceptors (Lipinski definition) is 5. The first-order chi connectivity index (χ1) is 14.1. The summed E-state index contributed by atoms with van der Waals surface area (Å²) >= 11 is 0. The van der Waals surface area contributed by atoms with Crippen LogP contribution in [0.4, 0.5) is 4.79 Å². The van der Waals surface area contributed by atoms with Crippen molar-refractivity contribution in [2.24, 2.45) is 5.92 Å². The normalized spacial score (nSPS) is 18.6. The van der Waals surface area contributed by atoms with Crippen molar-refractivity contribution in [3.05, 3.63) is 29.3 Å². The zero-order valence-electron chi connectivity index (χ0n) is 18.6. The quantitative estimate of drug-likeness (QED) is 0.764. The third-order valence-corrected chi connectivity index (χ3v) is 7.77. The zero-order valence-corrected chi connectivity index (χ0v) is 19.4. The summed E-state index contributed by atoms with van der Waals surface area (Å²) in [7, 11) is -3.26. The lowest BCUT2D eigenvalue weighted by atomic mass is 9.93. The molecule has 168 valence electrons. The SMILES string of the molecule is CC(C)(C)OC(=O)N1CCC(CCCS(=O)(=O)c2ccc3c(c2)CCNCC3)CC1. The lowest BCUT2D eigenvalue weighted by Gasteiger charge is -2.33. The number of rotatable bonds is 5. The molecule has 0 atom stereocenters. The lowest BCUT2D eigenvalue weighted by molar-refractivity contribution is 0.0181. The van der Waals surface area contributed by atoms with Crippen molar-refractivity contribution in [3.63, 3.8) is 0 Å². The van der Waals surface area contributed by atoms with Gasteiger partial charge in [-0.2, -0.15) is 0 Å². The summed E-state index contributed by atoms with van der Waals surface area (Å²) in [5, 5.41) is 3.36. The van der Waals surface area contributed by atoms with Gasteiger partial charge in [-0.25, -0.2) is 13.2 Å². The molecule has 0 spiro atoms. The Bertz CT molecular complexity index is 837. The van der Waals surface area contributed by atoms with Crippen molar-refractivity contribution >= 4 is 15.9 Å². The molecule has 6 nitrogen and oxygen atoms in total. The van der Waals surface area contributed by atoms with E-state index in [1.54, 1.807) is 11.0 Å². The molecule has 1 aromatic rings. The van der Waals surface area contributed by atoms with Crippen LogP contribution in [-0.2, 0) is 27.4 Å². The van der Waals surface area contributed by atoms with Crippen LogP contribution in [0.1, 0.15) is 57.6 Å². The van der Waals surface area contributed by atoms with Gasteiger partial charge in [0.25, 0.3) is 0 Å². The van der Waals surface area contributed by atoms with E-state index in [0.717, 1.165) is 50.8 Å². The molecule has 1 N–H and O–H groups in total. The molecule has 0 aliphatic carbocycles. The minimum Gasteiger partial charge on any atom is -0.444 e. The monoisotopic (exact) mass is 436 g/mol. The predicted molar refractivity (Wildman–Crippen MR) is 119 cm³/mol. The highest BCUT2D eigenvalue weighted by Gasteiger charge is 2.27. The number of nitrogens with one attached hydrogen (secondary N) is 1. The van der Waals surface area contributed by atoms with Crippen molar-refractivity contribution in [3.8, 4) is 0 Å². The van der Waals surface area contributed by atoms with Crippen molar-refractivity contribution in [2.45, 2.75) is 69.8 Å². The van der Waals surface area contributed by atoms with Crippen LogP contribution < -0.4 is 5.32 Å². The van der Waals surface area contributed by atoms with Gasteiger partial charge in [-0.3, -0.25) is 0 Å². The smallest absolute Gasteiger partial charge is 0.410 e. The summed E-state index contributed by atoms with van der Waals surface area (Å²) in [6, 6.07) is 5.65. The standard InChI is InChI=1S/C23H36N2O4S/c1-23(2,3)29-22(26)25-14-10-18(11-15-25)5-4-16-30(27,28)21-7-6-19-8-12-24-13-9-20(19)17-21/h6-7,17-18,24H,4-5,8-16H2,1-3H3. The van der Waals surface area contributed by atoms with E-state index in [4.69, 9.17) is 4.74 Å². The average Bonchev–Trinajstić information content (AvgIpc) is 2.92. The molecular weight excluding hydrogens is 400 g/mol. The molecule has 3 rings (SSSR count). The maximum absolute atomic E-state index is 12.8. The van der Waals surface area contributed by atoms with Crippen LogP contribution in [0.3, 0.4) is 0 Å². The zero-order chi connectivity index (χ0) is 21.8. The molecule has 0 bridgehead atoms. The molecule has 1 fully saturated rings.